The van der Waals surface area contributed by atoms with Gasteiger partial charge < -0.3 is 10.4 Å². The third-order valence-corrected chi connectivity index (χ3v) is 4.21. The summed E-state index contributed by atoms with van der Waals surface area (Å²) in [6, 6.07) is 0. The van der Waals surface area contributed by atoms with Crippen LogP contribution in [0.4, 0.5) is 0 Å². The van der Waals surface area contributed by atoms with Gasteiger partial charge in [0.25, 0.3) is 0 Å². The quantitative estimate of drug-likeness (QED) is 0.787. The topological polar surface area (TPSA) is 62.2 Å². The summed E-state index contributed by atoms with van der Waals surface area (Å²) in [4.78, 5) is 16.7. The van der Waals surface area contributed by atoms with Gasteiger partial charge in [0.05, 0.1) is 10.6 Å². The highest BCUT2D eigenvalue weighted by atomic mass is 32.1. The molecule has 0 radical (unpaired) electrons. The molecule has 2 atom stereocenters. The molecule has 1 rings (SSSR count). The van der Waals surface area contributed by atoms with E-state index >= 15 is 0 Å². The van der Waals surface area contributed by atoms with Crippen molar-refractivity contribution in [1.82, 2.24) is 10.3 Å². The van der Waals surface area contributed by atoms with Crippen LogP contribution in [0.1, 0.15) is 37.1 Å². The van der Waals surface area contributed by atoms with E-state index in [9.17, 15) is 9.90 Å². The Kier molecular flexibility index (Phi) is 5.69. The molecule has 0 saturated carbocycles. The van der Waals surface area contributed by atoms with Gasteiger partial charge in [-0.05, 0) is 25.8 Å². The van der Waals surface area contributed by atoms with E-state index in [1.807, 2.05) is 20.8 Å². The third kappa shape index (κ3) is 5.12. The number of hydrogen-bond acceptors (Lipinski definition) is 4. The number of rotatable bonds is 6. The number of hydrogen-bond donors (Lipinski definition) is 2. The van der Waals surface area contributed by atoms with Gasteiger partial charge in [0.2, 0.25) is 5.91 Å². The summed E-state index contributed by atoms with van der Waals surface area (Å²) in [5, 5.41) is 13.9. The summed E-state index contributed by atoms with van der Waals surface area (Å²) in [6.45, 7) is 7.92. The highest BCUT2D eigenvalue weighted by molar-refractivity contribution is 7.12. The van der Waals surface area contributed by atoms with Crippen molar-refractivity contribution in [1.29, 1.82) is 0 Å². The summed E-state index contributed by atoms with van der Waals surface area (Å²) in [5.74, 6) is -0.0597. The summed E-state index contributed by atoms with van der Waals surface area (Å²) in [7, 11) is 0. The second-order valence-corrected chi connectivity index (χ2v) is 6.27. The number of nitrogens with one attached hydrogen (secondary N) is 1. The van der Waals surface area contributed by atoms with Crippen molar-refractivity contribution in [3.8, 4) is 0 Å². The number of aliphatic hydroxyl groups is 1. The Hall–Kier alpha value is -1.20. The van der Waals surface area contributed by atoms with Gasteiger partial charge in [0.15, 0.2) is 0 Å². The van der Waals surface area contributed by atoms with Crippen LogP contribution < -0.4 is 5.32 Å². The molecule has 0 spiro atoms. The zero-order valence-electron chi connectivity index (χ0n) is 11.9. The molecule has 19 heavy (non-hydrogen) atoms. The minimum Gasteiger partial charge on any atom is -0.388 e. The van der Waals surface area contributed by atoms with Crippen LogP contribution in [0.15, 0.2) is 12.3 Å². The molecule has 0 aromatic carbocycles. The standard InChI is InChI=1S/C14H22N2O2S/c1-5-10(2)14(4,18)9-16-13(17)7-6-12-8-15-11(3)19-12/h6-8,10,18H,5,9H2,1-4H3,(H,16,17). The fourth-order valence-corrected chi connectivity index (χ4v) is 2.24. The molecular formula is C14H22N2O2S. The maximum absolute atomic E-state index is 11.7. The lowest BCUT2D eigenvalue weighted by atomic mass is 9.89. The average molecular weight is 282 g/mol. The Morgan fingerprint density at radius 3 is 2.89 bits per heavy atom. The van der Waals surface area contributed by atoms with Gasteiger partial charge in [0, 0.05) is 23.7 Å². The van der Waals surface area contributed by atoms with Gasteiger partial charge in [-0.3, -0.25) is 4.79 Å². The van der Waals surface area contributed by atoms with Crippen molar-refractivity contribution in [3.63, 3.8) is 0 Å². The minimum atomic E-state index is -0.876. The van der Waals surface area contributed by atoms with E-state index in [1.165, 1.54) is 17.4 Å². The SMILES string of the molecule is CCC(C)C(C)(O)CNC(=O)C=Cc1cnc(C)s1. The second kappa shape index (κ2) is 6.82. The molecule has 1 aromatic rings. The molecule has 0 aliphatic heterocycles. The van der Waals surface area contributed by atoms with Gasteiger partial charge in [0.1, 0.15) is 0 Å². The lowest BCUT2D eigenvalue weighted by Gasteiger charge is -2.29. The summed E-state index contributed by atoms with van der Waals surface area (Å²) in [6.07, 6.45) is 5.82. The maximum atomic E-state index is 11.7. The molecule has 0 saturated heterocycles. The van der Waals surface area contributed by atoms with Crippen molar-refractivity contribution < 1.29 is 9.90 Å². The molecule has 4 nitrogen and oxygen atoms in total. The minimum absolute atomic E-state index is 0.140. The Morgan fingerprint density at radius 1 is 1.68 bits per heavy atom. The molecule has 0 fully saturated rings. The molecule has 5 heteroatoms. The zero-order chi connectivity index (χ0) is 14.5. The molecule has 0 aliphatic carbocycles. The molecular weight excluding hydrogens is 260 g/mol. The fourth-order valence-electron chi connectivity index (χ4n) is 1.55. The average Bonchev–Trinajstić information content (AvgIpc) is 2.78. The number of amides is 1. The fraction of sp³-hybridized carbons (Fsp3) is 0.571. The summed E-state index contributed by atoms with van der Waals surface area (Å²) < 4.78 is 0. The van der Waals surface area contributed by atoms with Gasteiger partial charge in [-0.15, -0.1) is 11.3 Å². The van der Waals surface area contributed by atoms with Crippen LogP contribution in [-0.2, 0) is 4.79 Å². The Labute approximate surface area is 118 Å². The van der Waals surface area contributed by atoms with Crippen molar-refractivity contribution in [2.45, 2.75) is 39.7 Å². The monoisotopic (exact) mass is 282 g/mol. The maximum Gasteiger partial charge on any atom is 0.244 e. The Bertz CT molecular complexity index is 452. The number of aryl methyl sites for hydroxylation is 1. The van der Waals surface area contributed by atoms with E-state index in [1.54, 1.807) is 19.2 Å². The summed E-state index contributed by atoms with van der Waals surface area (Å²) in [5.41, 5.74) is -0.876. The predicted molar refractivity (Wildman–Crippen MR) is 79.0 cm³/mol. The predicted octanol–water partition coefficient (Wildman–Crippen LogP) is 2.38. The zero-order valence-corrected chi connectivity index (χ0v) is 12.8. The van der Waals surface area contributed by atoms with E-state index < -0.39 is 5.60 Å². The van der Waals surface area contributed by atoms with Crippen LogP contribution in [0.25, 0.3) is 6.08 Å². The van der Waals surface area contributed by atoms with Crippen LogP contribution in [0, 0.1) is 12.8 Å². The van der Waals surface area contributed by atoms with Crippen LogP contribution in [0.3, 0.4) is 0 Å². The first-order valence-electron chi connectivity index (χ1n) is 6.46. The van der Waals surface area contributed by atoms with Crippen LogP contribution in [0.5, 0.6) is 0 Å². The number of nitrogens with zero attached hydrogens (tertiary/aromatic N) is 1. The first kappa shape index (κ1) is 15.9. The molecule has 0 aliphatic rings. The molecule has 2 N–H and O–H groups in total. The van der Waals surface area contributed by atoms with Crippen molar-refractivity contribution in [2.75, 3.05) is 6.54 Å². The summed E-state index contributed by atoms with van der Waals surface area (Å²) >= 11 is 1.53. The van der Waals surface area contributed by atoms with Crippen molar-refractivity contribution in [2.24, 2.45) is 5.92 Å². The van der Waals surface area contributed by atoms with E-state index in [4.69, 9.17) is 0 Å². The number of thiazole rings is 1. The molecule has 1 aromatic heterocycles. The van der Waals surface area contributed by atoms with Crippen molar-refractivity contribution >= 4 is 23.3 Å². The Morgan fingerprint density at radius 2 is 2.37 bits per heavy atom. The van der Waals surface area contributed by atoms with Gasteiger partial charge >= 0.3 is 0 Å². The highest BCUT2D eigenvalue weighted by Crippen LogP contribution is 2.18. The Balaban J connectivity index is 2.46. The molecule has 1 amide bonds. The van der Waals surface area contributed by atoms with Crippen LogP contribution in [-0.4, -0.2) is 28.1 Å². The molecule has 2 unspecified atom stereocenters. The largest absolute Gasteiger partial charge is 0.388 e. The van der Waals surface area contributed by atoms with E-state index in [0.29, 0.717) is 0 Å². The van der Waals surface area contributed by atoms with Gasteiger partial charge in [-0.1, -0.05) is 20.3 Å². The van der Waals surface area contributed by atoms with E-state index in [-0.39, 0.29) is 18.4 Å². The third-order valence-electron chi connectivity index (χ3n) is 3.33. The van der Waals surface area contributed by atoms with Crippen LogP contribution in [0.2, 0.25) is 0 Å². The molecule has 106 valence electrons. The van der Waals surface area contributed by atoms with E-state index in [2.05, 4.69) is 10.3 Å². The van der Waals surface area contributed by atoms with E-state index in [0.717, 1.165) is 16.3 Å². The van der Waals surface area contributed by atoms with Crippen molar-refractivity contribution in [3.05, 3.63) is 22.2 Å². The first-order valence-corrected chi connectivity index (χ1v) is 7.27. The first-order chi connectivity index (χ1) is 8.85. The smallest absolute Gasteiger partial charge is 0.244 e. The molecule has 1 heterocycles. The number of carbonyl (C=O) groups excluding carboxylic acids is 1. The van der Waals surface area contributed by atoms with Crippen LogP contribution >= 0.6 is 11.3 Å². The lowest BCUT2D eigenvalue weighted by Crippen LogP contribution is -2.44. The highest BCUT2D eigenvalue weighted by Gasteiger charge is 2.26. The normalized spacial score (nSPS) is 16.3. The second-order valence-electron chi connectivity index (χ2n) is 5.00. The lowest BCUT2D eigenvalue weighted by molar-refractivity contribution is -0.118. The van der Waals surface area contributed by atoms with Gasteiger partial charge in [-0.2, -0.15) is 0 Å². The molecule has 0 bridgehead atoms. The number of aromatic nitrogens is 1. The van der Waals surface area contributed by atoms with Gasteiger partial charge in [-0.25, -0.2) is 4.98 Å². The number of carbonyl (C=O) groups is 1.